The number of hydrogen-bond donors (Lipinski definition) is 0. The summed E-state index contributed by atoms with van der Waals surface area (Å²) in [7, 11) is 0. The SMILES string of the molecule is [CH2]C=Cc1ccc(SC)c(SC)c1. The maximum atomic E-state index is 3.69. The number of thioether (sulfide) groups is 2. The highest BCUT2D eigenvalue weighted by atomic mass is 32.2. The Kier molecular flexibility index (Phi) is 4.46. The van der Waals surface area contributed by atoms with E-state index in [2.05, 4.69) is 37.6 Å². The maximum absolute atomic E-state index is 3.69. The lowest BCUT2D eigenvalue weighted by molar-refractivity contribution is 1.25. The Morgan fingerprint density at radius 2 is 1.85 bits per heavy atom. The Hall–Kier alpha value is -0.340. The van der Waals surface area contributed by atoms with Crippen LogP contribution in [0, 0.1) is 6.92 Å². The van der Waals surface area contributed by atoms with Gasteiger partial charge in [-0.2, -0.15) is 0 Å². The fraction of sp³-hybridized carbons (Fsp3) is 0.182. The maximum Gasteiger partial charge on any atom is 0.0211 e. The first-order valence-corrected chi connectivity index (χ1v) is 6.44. The van der Waals surface area contributed by atoms with Crippen LogP contribution in [-0.2, 0) is 0 Å². The van der Waals surface area contributed by atoms with E-state index in [1.54, 1.807) is 23.5 Å². The summed E-state index contributed by atoms with van der Waals surface area (Å²) in [6, 6.07) is 6.47. The molecule has 1 aromatic rings. The third kappa shape index (κ3) is 2.82. The van der Waals surface area contributed by atoms with Gasteiger partial charge in [-0.05, 0) is 37.1 Å². The van der Waals surface area contributed by atoms with Crippen LogP contribution in [0.4, 0.5) is 0 Å². The number of rotatable bonds is 3. The molecular formula is C11H13S2. The van der Waals surface area contributed by atoms with Gasteiger partial charge in [0, 0.05) is 9.79 Å². The van der Waals surface area contributed by atoms with Gasteiger partial charge in [-0.3, -0.25) is 0 Å². The van der Waals surface area contributed by atoms with Gasteiger partial charge in [0.25, 0.3) is 0 Å². The van der Waals surface area contributed by atoms with Crippen LogP contribution in [0.3, 0.4) is 0 Å². The fourth-order valence-electron chi connectivity index (χ4n) is 1.09. The largest absolute Gasteiger partial charge is 0.128 e. The summed E-state index contributed by atoms with van der Waals surface area (Å²) in [5, 5.41) is 0. The highest BCUT2D eigenvalue weighted by Gasteiger charge is 1.99. The zero-order chi connectivity index (χ0) is 9.68. The van der Waals surface area contributed by atoms with Crippen LogP contribution in [-0.4, -0.2) is 12.5 Å². The van der Waals surface area contributed by atoms with Crippen molar-refractivity contribution in [3.8, 4) is 0 Å². The molecule has 0 spiro atoms. The van der Waals surface area contributed by atoms with E-state index in [1.807, 2.05) is 12.2 Å². The lowest BCUT2D eigenvalue weighted by Crippen LogP contribution is -1.79. The molecular weight excluding hydrogens is 196 g/mol. The van der Waals surface area contributed by atoms with E-state index in [0.29, 0.717) is 0 Å². The molecule has 0 unspecified atom stereocenters. The molecule has 0 aliphatic rings. The van der Waals surface area contributed by atoms with Crippen molar-refractivity contribution in [2.45, 2.75) is 9.79 Å². The molecule has 0 aromatic heterocycles. The van der Waals surface area contributed by atoms with E-state index in [4.69, 9.17) is 0 Å². The van der Waals surface area contributed by atoms with E-state index in [1.165, 1.54) is 15.4 Å². The molecule has 0 aliphatic carbocycles. The molecule has 1 rings (SSSR count). The van der Waals surface area contributed by atoms with Crippen LogP contribution in [0.25, 0.3) is 6.08 Å². The van der Waals surface area contributed by atoms with Crippen LogP contribution in [0.5, 0.6) is 0 Å². The monoisotopic (exact) mass is 209 g/mol. The number of allylic oxidation sites excluding steroid dienone is 1. The Labute approximate surface area is 88.8 Å². The molecule has 1 aromatic carbocycles. The minimum Gasteiger partial charge on any atom is -0.128 e. The van der Waals surface area contributed by atoms with Gasteiger partial charge in [-0.25, -0.2) is 0 Å². The molecule has 2 heteroatoms. The third-order valence-electron chi connectivity index (χ3n) is 1.72. The van der Waals surface area contributed by atoms with Gasteiger partial charge in [0.1, 0.15) is 0 Å². The van der Waals surface area contributed by atoms with Crippen LogP contribution in [0.2, 0.25) is 0 Å². The Bertz CT molecular complexity index is 303. The van der Waals surface area contributed by atoms with Crippen molar-refractivity contribution in [2.24, 2.45) is 0 Å². The van der Waals surface area contributed by atoms with Gasteiger partial charge in [-0.1, -0.05) is 18.2 Å². The molecule has 0 bridgehead atoms. The Morgan fingerprint density at radius 3 is 2.38 bits per heavy atom. The first-order chi connectivity index (χ1) is 6.31. The third-order valence-corrected chi connectivity index (χ3v) is 3.42. The first kappa shape index (κ1) is 10.7. The van der Waals surface area contributed by atoms with Crippen molar-refractivity contribution in [3.63, 3.8) is 0 Å². The lowest BCUT2D eigenvalue weighted by Gasteiger charge is -2.04. The molecule has 0 aliphatic heterocycles. The van der Waals surface area contributed by atoms with Crippen molar-refractivity contribution in [1.29, 1.82) is 0 Å². The van der Waals surface area contributed by atoms with E-state index in [9.17, 15) is 0 Å². The number of benzene rings is 1. The normalized spacial score (nSPS) is 11.0. The predicted molar refractivity (Wildman–Crippen MR) is 64.4 cm³/mol. The van der Waals surface area contributed by atoms with Gasteiger partial charge >= 0.3 is 0 Å². The minimum absolute atomic E-state index is 1.22. The van der Waals surface area contributed by atoms with Crippen molar-refractivity contribution >= 4 is 29.6 Å². The minimum atomic E-state index is 1.22. The highest BCUT2D eigenvalue weighted by molar-refractivity contribution is 8.01. The van der Waals surface area contributed by atoms with Crippen LogP contribution < -0.4 is 0 Å². The van der Waals surface area contributed by atoms with E-state index < -0.39 is 0 Å². The second kappa shape index (κ2) is 5.40. The zero-order valence-electron chi connectivity index (χ0n) is 7.91. The average molecular weight is 209 g/mol. The van der Waals surface area contributed by atoms with Crippen molar-refractivity contribution in [3.05, 3.63) is 36.8 Å². The van der Waals surface area contributed by atoms with E-state index >= 15 is 0 Å². The van der Waals surface area contributed by atoms with E-state index in [-0.39, 0.29) is 0 Å². The van der Waals surface area contributed by atoms with Crippen molar-refractivity contribution in [2.75, 3.05) is 12.5 Å². The standard InChI is InChI=1S/C11H13S2/c1-4-5-9-6-7-10(12-2)11(8-9)13-3/h4-8H,1H2,2-3H3. The molecule has 0 saturated carbocycles. The second-order valence-corrected chi connectivity index (χ2v) is 4.21. The van der Waals surface area contributed by atoms with Gasteiger partial charge < -0.3 is 0 Å². The molecule has 0 atom stereocenters. The van der Waals surface area contributed by atoms with Gasteiger partial charge in [0.15, 0.2) is 0 Å². The summed E-state index contributed by atoms with van der Waals surface area (Å²) in [5.74, 6) is 0. The summed E-state index contributed by atoms with van der Waals surface area (Å²) in [6.07, 6.45) is 8.04. The summed E-state index contributed by atoms with van der Waals surface area (Å²) < 4.78 is 0. The second-order valence-electron chi connectivity index (χ2n) is 2.52. The quantitative estimate of drug-likeness (QED) is 0.691. The highest BCUT2D eigenvalue weighted by Crippen LogP contribution is 2.29. The lowest BCUT2D eigenvalue weighted by atomic mass is 10.2. The van der Waals surface area contributed by atoms with Crippen LogP contribution >= 0.6 is 23.5 Å². The molecule has 0 N–H and O–H groups in total. The molecule has 0 amide bonds. The smallest absolute Gasteiger partial charge is 0.0211 e. The van der Waals surface area contributed by atoms with E-state index in [0.717, 1.165) is 0 Å². The predicted octanol–water partition coefficient (Wildman–Crippen LogP) is 3.98. The van der Waals surface area contributed by atoms with Crippen LogP contribution in [0.1, 0.15) is 5.56 Å². The molecule has 0 heterocycles. The fourth-order valence-corrected chi connectivity index (χ4v) is 2.58. The Balaban J connectivity index is 3.05. The zero-order valence-corrected chi connectivity index (χ0v) is 9.54. The van der Waals surface area contributed by atoms with Gasteiger partial charge in [0.05, 0.1) is 0 Å². The van der Waals surface area contributed by atoms with Crippen molar-refractivity contribution < 1.29 is 0 Å². The summed E-state index contributed by atoms with van der Waals surface area (Å²) >= 11 is 3.57. The first-order valence-electron chi connectivity index (χ1n) is 3.99. The van der Waals surface area contributed by atoms with Gasteiger partial charge in [-0.15, -0.1) is 23.5 Å². The summed E-state index contributed by atoms with van der Waals surface area (Å²) in [6.45, 7) is 3.69. The summed E-state index contributed by atoms with van der Waals surface area (Å²) in [5.41, 5.74) is 1.22. The average Bonchev–Trinajstić information content (AvgIpc) is 2.18. The molecule has 1 radical (unpaired) electrons. The molecule has 69 valence electrons. The van der Waals surface area contributed by atoms with Crippen LogP contribution in [0.15, 0.2) is 34.1 Å². The molecule has 0 saturated heterocycles. The topological polar surface area (TPSA) is 0 Å². The van der Waals surface area contributed by atoms with Crippen molar-refractivity contribution in [1.82, 2.24) is 0 Å². The number of hydrogen-bond acceptors (Lipinski definition) is 2. The molecule has 13 heavy (non-hydrogen) atoms. The van der Waals surface area contributed by atoms with Gasteiger partial charge in [0.2, 0.25) is 0 Å². The summed E-state index contributed by atoms with van der Waals surface area (Å²) in [4.78, 5) is 2.68. The molecule has 0 nitrogen and oxygen atoms in total. The Morgan fingerprint density at radius 1 is 1.15 bits per heavy atom. The molecule has 0 fully saturated rings.